The predicted molar refractivity (Wildman–Crippen MR) is 137 cm³/mol. The zero-order valence-corrected chi connectivity index (χ0v) is 20.4. The Labute approximate surface area is 210 Å². The number of carbonyl (C=O) groups excluding carboxylic acids is 1. The molecule has 4 heterocycles. The molecule has 2 aromatic carbocycles. The SMILES string of the molecule is COc1ccc2nccc(CC(O)N3C4CCC3CC(NCc3ccc5c(c3)NC(=O)CO5)C4)c2c1. The van der Waals surface area contributed by atoms with Gasteiger partial charge in [-0.15, -0.1) is 0 Å². The number of ether oxygens (including phenoxy) is 2. The second-order valence-corrected chi connectivity index (χ2v) is 10.1. The summed E-state index contributed by atoms with van der Waals surface area (Å²) in [7, 11) is 1.67. The summed E-state index contributed by atoms with van der Waals surface area (Å²) in [6.45, 7) is 0.810. The molecule has 8 nitrogen and oxygen atoms in total. The number of aromatic nitrogens is 1. The van der Waals surface area contributed by atoms with Gasteiger partial charge >= 0.3 is 0 Å². The van der Waals surface area contributed by atoms with Crippen LogP contribution in [-0.4, -0.2) is 59.0 Å². The predicted octanol–water partition coefficient (Wildman–Crippen LogP) is 3.22. The summed E-state index contributed by atoms with van der Waals surface area (Å²) in [5.41, 5.74) is 3.87. The number of piperidine rings is 1. The van der Waals surface area contributed by atoms with Gasteiger partial charge in [-0.05, 0) is 73.2 Å². The highest BCUT2D eigenvalue weighted by atomic mass is 16.5. The number of hydrogen-bond donors (Lipinski definition) is 3. The highest BCUT2D eigenvalue weighted by molar-refractivity contribution is 5.95. The summed E-state index contributed by atoms with van der Waals surface area (Å²) < 4.78 is 10.9. The van der Waals surface area contributed by atoms with Gasteiger partial charge in [0.25, 0.3) is 5.91 Å². The van der Waals surface area contributed by atoms with E-state index in [4.69, 9.17) is 9.47 Å². The van der Waals surface area contributed by atoms with Crippen LogP contribution in [0.3, 0.4) is 0 Å². The lowest BCUT2D eigenvalue weighted by Gasteiger charge is -2.42. The zero-order chi connectivity index (χ0) is 24.6. The topological polar surface area (TPSA) is 96.0 Å². The lowest BCUT2D eigenvalue weighted by molar-refractivity contribution is -0.118. The Morgan fingerprint density at radius 2 is 2.03 bits per heavy atom. The molecule has 188 valence electrons. The number of aliphatic hydroxyl groups is 1. The third-order valence-electron chi connectivity index (χ3n) is 7.85. The van der Waals surface area contributed by atoms with Gasteiger partial charge in [-0.25, -0.2) is 0 Å². The van der Waals surface area contributed by atoms with E-state index in [1.54, 1.807) is 7.11 Å². The Balaban J connectivity index is 1.10. The molecule has 0 radical (unpaired) electrons. The van der Waals surface area contributed by atoms with E-state index in [1.165, 1.54) is 0 Å². The number of nitrogens with one attached hydrogen (secondary N) is 2. The summed E-state index contributed by atoms with van der Waals surface area (Å²) in [6, 6.07) is 15.0. The van der Waals surface area contributed by atoms with E-state index in [9.17, 15) is 9.90 Å². The van der Waals surface area contributed by atoms with E-state index in [-0.39, 0.29) is 12.5 Å². The lowest BCUT2D eigenvalue weighted by Crippen LogP contribution is -2.53. The Hall–Kier alpha value is -3.20. The smallest absolute Gasteiger partial charge is 0.262 e. The number of benzene rings is 2. The second-order valence-electron chi connectivity index (χ2n) is 10.1. The molecule has 6 rings (SSSR count). The lowest BCUT2D eigenvalue weighted by atomic mass is 9.95. The number of carbonyl (C=O) groups is 1. The number of pyridine rings is 1. The summed E-state index contributed by atoms with van der Waals surface area (Å²) in [6.07, 6.45) is 6.14. The Morgan fingerprint density at radius 3 is 2.83 bits per heavy atom. The first-order valence-corrected chi connectivity index (χ1v) is 12.7. The molecule has 0 spiro atoms. The van der Waals surface area contributed by atoms with Gasteiger partial charge in [0, 0.05) is 42.7 Å². The number of aliphatic hydroxyl groups excluding tert-OH is 1. The molecular weight excluding hydrogens is 456 g/mol. The summed E-state index contributed by atoms with van der Waals surface area (Å²) in [5, 5.41) is 19.0. The van der Waals surface area contributed by atoms with Crippen molar-refractivity contribution in [2.24, 2.45) is 0 Å². The fourth-order valence-corrected chi connectivity index (χ4v) is 6.16. The molecule has 2 saturated heterocycles. The molecule has 3 atom stereocenters. The Kier molecular flexibility index (Phi) is 6.25. The average Bonchev–Trinajstić information content (AvgIpc) is 3.17. The van der Waals surface area contributed by atoms with Crippen LogP contribution < -0.4 is 20.1 Å². The normalized spacial score (nSPS) is 24.2. The van der Waals surface area contributed by atoms with Crippen molar-refractivity contribution in [2.75, 3.05) is 19.0 Å². The fourth-order valence-electron chi connectivity index (χ4n) is 6.16. The Bertz CT molecular complexity index is 1270. The van der Waals surface area contributed by atoms with Crippen molar-refractivity contribution in [3.63, 3.8) is 0 Å². The minimum absolute atomic E-state index is 0.0728. The molecule has 8 heteroatoms. The van der Waals surface area contributed by atoms with Crippen LogP contribution >= 0.6 is 0 Å². The van der Waals surface area contributed by atoms with Crippen molar-refractivity contribution in [1.82, 2.24) is 15.2 Å². The number of nitrogens with zero attached hydrogens (tertiary/aromatic N) is 2. The highest BCUT2D eigenvalue weighted by Gasteiger charge is 2.43. The molecule has 0 saturated carbocycles. The molecule has 2 bridgehead atoms. The van der Waals surface area contributed by atoms with E-state index >= 15 is 0 Å². The number of fused-ring (bicyclic) bond motifs is 4. The number of amides is 1. The maximum absolute atomic E-state index is 11.6. The van der Waals surface area contributed by atoms with Crippen LogP contribution in [0.25, 0.3) is 10.9 Å². The summed E-state index contributed by atoms with van der Waals surface area (Å²) in [4.78, 5) is 18.4. The molecular formula is C28H32N4O4. The molecule has 3 unspecified atom stereocenters. The highest BCUT2D eigenvalue weighted by Crippen LogP contribution is 2.38. The van der Waals surface area contributed by atoms with Gasteiger partial charge in [0.2, 0.25) is 0 Å². The van der Waals surface area contributed by atoms with Crippen molar-refractivity contribution < 1.29 is 19.4 Å². The third-order valence-corrected chi connectivity index (χ3v) is 7.85. The second kappa shape index (κ2) is 9.69. The quantitative estimate of drug-likeness (QED) is 0.470. The molecule has 0 aliphatic carbocycles. The molecule has 2 fully saturated rings. The number of rotatable bonds is 7. The number of anilines is 1. The molecule has 3 aromatic rings. The first-order chi connectivity index (χ1) is 17.6. The standard InChI is InChI=1S/C28H32N4O4/c1-35-22-5-6-24-23(14-22)18(8-9-29-24)11-28(34)32-20-3-4-21(32)13-19(12-20)30-15-17-2-7-26-25(10-17)31-27(33)16-36-26/h2,5-10,14,19-21,28,30,34H,3-4,11-13,15-16H2,1H3,(H,31,33). The minimum Gasteiger partial charge on any atom is -0.497 e. The maximum Gasteiger partial charge on any atom is 0.262 e. The zero-order valence-electron chi connectivity index (χ0n) is 20.4. The van der Waals surface area contributed by atoms with Crippen molar-refractivity contribution in [2.45, 2.75) is 63.0 Å². The Morgan fingerprint density at radius 1 is 1.19 bits per heavy atom. The number of hydrogen-bond acceptors (Lipinski definition) is 7. The van der Waals surface area contributed by atoms with Crippen LogP contribution in [-0.2, 0) is 17.8 Å². The van der Waals surface area contributed by atoms with Crippen LogP contribution in [0.5, 0.6) is 11.5 Å². The number of methoxy groups -OCH3 is 1. The van der Waals surface area contributed by atoms with Crippen LogP contribution in [0.1, 0.15) is 36.8 Å². The average molecular weight is 489 g/mol. The van der Waals surface area contributed by atoms with Crippen molar-refractivity contribution in [3.8, 4) is 11.5 Å². The summed E-state index contributed by atoms with van der Waals surface area (Å²) >= 11 is 0. The molecule has 1 aromatic heterocycles. The van der Waals surface area contributed by atoms with Crippen molar-refractivity contribution in [3.05, 3.63) is 59.8 Å². The fraction of sp³-hybridized carbons (Fsp3) is 0.429. The van der Waals surface area contributed by atoms with Gasteiger partial charge in [-0.2, -0.15) is 0 Å². The van der Waals surface area contributed by atoms with E-state index in [0.717, 1.165) is 71.4 Å². The van der Waals surface area contributed by atoms with Gasteiger partial charge < -0.3 is 25.2 Å². The molecule has 36 heavy (non-hydrogen) atoms. The van der Waals surface area contributed by atoms with Gasteiger partial charge in [0.1, 0.15) is 17.7 Å². The maximum atomic E-state index is 11.6. The minimum atomic E-state index is -0.524. The van der Waals surface area contributed by atoms with Gasteiger partial charge in [-0.1, -0.05) is 6.07 Å². The van der Waals surface area contributed by atoms with E-state index in [1.807, 2.05) is 48.7 Å². The van der Waals surface area contributed by atoms with Gasteiger partial charge in [0.15, 0.2) is 6.61 Å². The molecule has 1 amide bonds. The van der Waals surface area contributed by atoms with Gasteiger partial charge in [-0.3, -0.25) is 14.7 Å². The largest absolute Gasteiger partial charge is 0.497 e. The van der Waals surface area contributed by atoms with Crippen LogP contribution in [0.2, 0.25) is 0 Å². The molecule has 3 aliphatic rings. The molecule has 3 N–H and O–H groups in total. The first-order valence-electron chi connectivity index (χ1n) is 12.7. The van der Waals surface area contributed by atoms with Crippen LogP contribution in [0.4, 0.5) is 5.69 Å². The van der Waals surface area contributed by atoms with Crippen molar-refractivity contribution >= 4 is 22.5 Å². The van der Waals surface area contributed by atoms with Crippen LogP contribution in [0.15, 0.2) is 48.7 Å². The van der Waals surface area contributed by atoms with Gasteiger partial charge in [0.05, 0.1) is 18.3 Å². The van der Waals surface area contributed by atoms with E-state index < -0.39 is 6.23 Å². The van der Waals surface area contributed by atoms with E-state index in [0.29, 0.717) is 24.5 Å². The summed E-state index contributed by atoms with van der Waals surface area (Å²) in [5.74, 6) is 1.40. The molecule has 3 aliphatic heterocycles. The van der Waals surface area contributed by atoms with Crippen LogP contribution in [0, 0.1) is 0 Å². The van der Waals surface area contributed by atoms with E-state index in [2.05, 4.69) is 20.5 Å². The van der Waals surface area contributed by atoms with Crippen molar-refractivity contribution in [1.29, 1.82) is 0 Å². The first kappa shape index (κ1) is 23.2. The third kappa shape index (κ3) is 4.52. The monoisotopic (exact) mass is 488 g/mol.